The van der Waals surface area contributed by atoms with Crippen molar-refractivity contribution in [1.29, 1.82) is 0 Å². The van der Waals surface area contributed by atoms with Crippen LogP contribution in [0.5, 0.6) is 0 Å². The lowest BCUT2D eigenvalue weighted by atomic mass is 10.1. The molecule has 8 nitrogen and oxygen atoms in total. The summed E-state index contributed by atoms with van der Waals surface area (Å²) >= 11 is 0. The van der Waals surface area contributed by atoms with Crippen molar-refractivity contribution in [2.75, 3.05) is 11.9 Å². The highest BCUT2D eigenvalue weighted by Crippen LogP contribution is 2.29. The molecule has 2 heterocycles. The molecule has 0 radical (unpaired) electrons. The number of nitrogens with one attached hydrogen (secondary N) is 2. The molecule has 27 heavy (non-hydrogen) atoms. The Bertz CT molecular complexity index is 1090. The minimum atomic E-state index is -0.395. The fourth-order valence-corrected chi connectivity index (χ4v) is 2.90. The first-order valence-corrected chi connectivity index (χ1v) is 8.45. The van der Waals surface area contributed by atoms with Crippen molar-refractivity contribution in [3.63, 3.8) is 0 Å². The third-order valence-electron chi connectivity index (χ3n) is 4.18. The van der Waals surface area contributed by atoms with Crippen LogP contribution in [-0.4, -0.2) is 31.6 Å². The van der Waals surface area contributed by atoms with E-state index in [-0.39, 0.29) is 5.69 Å². The minimum Gasteiger partial charge on any atom is -0.383 e. The number of aromatic nitrogens is 4. The van der Waals surface area contributed by atoms with Gasteiger partial charge in [0.1, 0.15) is 11.3 Å². The first-order chi connectivity index (χ1) is 13.2. The number of anilines is 1. The Kier molecular flexibility index (Phi) is 4.44. The van der Waals surface area contributed by atoms with Crippen molar-refractivity contribution in [3.05, 3.63) is 76.7 Å². The Morgan fingerprint density at radius 2 is 1.93 bits per heavy atom. The Morgan fingerprint density at radius 1 is 1.07 bits per heavy atom. The Balaban J connectivity index is 1.48. The third-order valence-corrected chi connectivity index (χ3v) is 4.18. The number of rotatable bonds is 6. The predicted octanol–water partition coefficient (Wildman–Crippen LogP) is 3.58. The maximum atomic E-state index is 11.2. The predicted molar refractivity (Wildman–Crippen MR) is 102 cm³/mol. The van der Waals surface area contributed by atoms with E-state index in [2.05, 4.69) is 25.5 Å². The largest absolute Gasteiger partial charge is 0.383 e. The zero-order valence-corrected chi connectivity index (χ0v) is 14.3. The molecule has 4 aromatic rings. The summed E-state index contributed by atoms with van der Waals surface area (Å²) in [6.07, 6.45) is 2.25. The molecule has 0 saturated heterocycles. The summed E-state index contributed by atoms with van der Waals surface area (Å²) in [6.45, 7) is 0.590. The van der Waals surface area contributed by atoms with Crippen LogP contribution >= 0.6 is 0 Å². The molecule has 0 spiro atoms. The number of nitro benzene ring substituents is 1. The molecule has 134 valence electrons. The van der Waals surface area contributed by atoms with Gasteiger partial charge in [-0.3, -0.25) is 20.2 Å². The maximum absolute atomic E-state index is 11.2. The summed E-state index contributed by atoms with van der Waals surface area (Å²) in [6, 6.07) is 16.3. The monoisotopic (exact) mass is 360 g/mol. The van der Waals surface area contributed by atoms with Crippen LogP contribution < -0.4 is 5.32 Å². The molecule has 8 heteroatoms. The van der Waals surface area contributed by atoms with Crippen LogP contribution in [0.3, 0.4) is 0 Å². The minimum absolute atomic E-state index is 0.0476. The molecular formula is C19H16N6O2. The van der Waals surface area contributed by atoms with Crippen molar-refractivity contribution < 1.29 is 4.92 Å². The van der Waals surface area contributed by atoms with Crippen LogP contribution in [0, 0.1) is 10.1 Å². The molecule has 0 saturated carbocycles. The van der Waals surface area contributed by atoms with Gasteiger partial charge in [0.15, 0.2) is 5.82 Å². The van der Waals surface area contributed by atoms with Gasteiger partial charge in [0.05, 0.1) is 16.0 Å². The van der Waals surface area contributed by atoms with Gasteiger partial charge < -0.3 is 5.32 Å². The van der Waals surface area contributed by atoms with Gasteiger partial charge in [0.2, 0.25) is 0 Å². The number of hydrogen-bond donors (Lipinski definition) is 2. The van der Waals surface area contributed by atoms with Crippen molar-refractivity contribution >= 4 is 22.3 Å². The summed E-state index contributed by atoms with van der Waals surface area (Å²) in [5, 5.41) is 22.2. The molecule has 0 atom stereocenters. The van der Waals surface area contributed by atoms with Gasteiger partial charge in [0.25, 0.3) is 5.69 Å². The van der Waals surface area contributed by atoms with Crippen molar-refractivity contribution in [2.45, 2.75) is 6.42 Å². The molecule has 4 rings (SSSR count). The topological polar surface area (TPSA) is 110 Å². The van der Waals surface area contributed by atoms with Crippen LogP contribution in [0.2, 0.25) is 0 Å². The molecular weight excluding hydrogens is 344 g/mol. The Hall–Kier alpha value is -3.81. The normalized spacial score (nSPS) is 10.8. The van der Waals surface area contributed by atoms with Gasteiger partial charge in [-0.05, 0) is 18.2 Å². The molecule has 0 bridgehead atoms. The second kappa shape index (κ2) is 7.20. The van der Waals surface area contributed by atoms with E-state index in [0.717, 1.165) is 17.1 Å². The number of non-ortho nitro benzene ring substituents is 1. The van der Waals surface area contributed by atoms with E-state index in [4.69, 9.17) is 0 Å². The molecule has 2 aromatic heterocycles. The van der Waals surface area contributed by atoms with Gasteiger partial charge in [-0.1, -0.05) is 30.3 Å². The molecule has 0 aliphatic heterocycles. The zero-order chi connectivity index (χ0) is 18.6. The number of nitro groups is 1. The molecule has 0 unspecified atom stereocenters. The smallest absolute Gasteiger partial charge is 0.278 e. The summed E-state index contributed by atoms with van der Waals surface area (Å²) in [7, 11) is 0. The third kappa shape index (κ3) is 3.45. The number of hydrogen-bond acceptors (Lipinski definition) is 6. The molecule has 0 fully saturated rings. The quantitative estimate of drug-likeness (QED) is 0.402. The van der Waals surface area contributed by atoms with Crippen LogP contribution in [0.1, 0.15) is 5.82 Å². The molecule has 2 aromatic carbocycles. The first-order valence-electron chi connectivity index (χ1n) is 8.45. The van der Waals surface area contributed by atoms with Gasteiger partial charge in [0, 0.05) is 30.8 Å². The summed E-state index contributed by atoms with van der Waals surface area (Å²) in [5.41, 5.74) is 2.33. The fraction of sp³-hybridized carbons (Fsp3) is 0.105. The van der Waals surface area contributed by atoms with Crippen LogP contribution in [0.4, 0.5) is 11.4 Å². The molecule has 2 N–H and O–H groups in total. The second-order valence-electron chi connectivity index (χ2n) is 5.94. The van der Waals surface area contributed by atoms with E-state index in [9.17, 15) is 10.1 Å². The van der Waals surface area contributed by atoms with Crippen LogP contribution in [-0.2, 0) is 6.42 Å². The highest BCUT2D eigenvalue weighted by Gasteiger charge is 2.14. The van der Waals surface area contributed by atoms with E-state index >= 15 is 0 Å². The van der Waals surface area contributed by atoms with E-state index < -0.39 is 4.92 Å². The number of aromatic amines is 1. The summed E-state index contributed by atoms with van der Waals surface area (Å²) < 4.78 is 0. The highest BCUT2D eigenvalue weighted by atomic mass is 16.6. The Labute approximate surface area is 154 Å². The molecule has 0 aliphatic rings. The van der Waals surface area contributed by atoms with Gasteiger partial charge >= 0.3 is 0 Å². The lowest BCUT2D eigenvalue weighted by molar-refractivity contribution is -0.383. The lowest BCUT2D eigenvalue weighted by Gasteiger charge is -2.08. The standard InChI is InChI=1S/C19H16N6O2/c26-25(27)16-9-8-15(18-14(16)7-4-11-21-18)20-12-10-17-22-19(24-23-17)13-5-2-1-3-6-13/h1-9,11,20H,10,12H2,(H,22,23,24). The van der Waals surface area contributed by atoms with E-state index in [1.165, 1.54) is 6.07 Å². The summed E-state index contributed by atoms with van der Waals surface area (Å²) in [4.78, 5) is 19.6. The zero-order valence-electron chi connectivity index (χ0n) is 14.3. The first kappa shape index (κ1) is 16.6. The van der Waals surface area contributed by atoms with Crippen LogP contribution in [0.25, 0.3) is 22.3 Å². The Morgan fingerprint density at radius 3 is 2.74 bits per heavy atom. The number of pyridine rings is 1. The van der Waals surface area contributed by atoms with Gasteiger partial charge in [-0.25, -0.2) is 4.98 Å². The average molecular weight is 360 g/mol. The van der Waals surface area contributed by atoms with Crippen molar-refractivity contribution in [3.8, 4) is 11.4 Å². The molecule has 0 amide bonds. The van der Waals surface area contributed by atoms with E-state index in [0.29, 0.717) is 29.7 Å². The van der Waals surface area contributed by atoms with Crippen LogP contribution in [0.15, 0.2) is 60.8 Å². The SMILES string of the molecule is O=[N+]([O-])c1ccc(NCCc2nc(-c3ccccc3)n[nH]2)c2ncccc12. The molecule has 0 aliphatic carbocycles. The lowest BCUT2D eigenvalue weighted by Crippen LogP contribution is -2.07. The van der Waals surface area contributed by atoms with Crippen molar-refractivity contribution in [2.24, 2.45) is 0 Å². The number of nitrogens with zero attached hydrogens (tertiary/aromatic N) is 4. The number of benzene rings is 2. The van der Waals surface area contributed by atoms with Gasteiger partial charge in [-0.15, -0.1) is 0 Å². The second-order valence-corrected chi connectivity index (χ2v) is 5.94. The maximum Gasteiger partial charge on any atom is 0.278 e. The average Bonchev–Trinajstić information content (AvgIpc) is 3.17. The fourth-order valence-electron chi connectivity index (χ4n) is 2.90. The van der Waals surface area contributed by atoms with Gasteiger partial charge in [-0.2, -0.15) is 5.10 Å². The van der Waals surface area contributed by atoms with E-state index in [1.807, 2.05) is 30.3 Å². The van der Waals surface area contributed by atoms with Crippen molar-refractivity contribution in [1.82, 2.24) is 20.2 Å². The number of H-pyrrole nitrogens is 1. The summed E-state index contributed by atoms with van der Waals surface area (Å²) in [5.74, 6) is 1.42. The van der Waals surface area contributed by atoms with E-state index in [1.54, 1.807) is 24.4 Å². The highest BCUT2D eigenvalue weighted by molar-refractivity contribution is 5.96. The number of fused-ring (bicyclic) bond motifs is 1.